The summed E-state index contributed by atoms with van der Waals surface area (Å²) >= 11 is 3.38. The molecule has 2 amide bonds. The molecule has 0 saturated carbocycles. The fraction of sp³-hybridized carbons (Fsp3) is 0.364. The van der Waals surface area contributed by atoms with E-state index >= 15 is 0 Å². The summed E-state index contributed by atoms with van der Waals surface area (Å²) in [6.07, 6.45) is 1.06. The number of halogens is 1. The zero-order valence-electron chi connectivity index (χ0n) is 18.1. The number of aryl methyl sites for hydroxylation is 1. The Hall–Kier alpha value is -2.39. The molecule has 1 atom stereocenters. The van der Waals surface area contributed by atoms with Gasteiger partial charge in [-0.3, -0.25) is 13.9 Å². The topological polar surface area (TPSA) is 86.8 Å². The highest BCUT2D eigenvalue weighted by atomic mass is 79.9. The maximum Gasteiger partial charge on any atom is 0.244 e. The number of amides is 2. The number of sulfonamides is 1. The fourth-order valence-electron chi connectivity index (χ4n) is 3.09. The normalized spacial score (nSPS) is 12.2. The molecular formula is C22H28BrN3O4S. The van der Waals surface area contributed by atoms with Crippen molar-refractivity contribution in [2.45, 2.75) is 33.4 Å². The van der Waals surface area contributed by atoms with E-state index in [-0.39, 0.29) is 12.5 Å². The summed E-state index contributed by atoms with van der Waals surface area (Å²) in [6.45, 7) is 5.50. The predicted molar refractivity (Wildman–Crippen MR) is 126 cm³/mol. The Morgan fingerprint density at radius 3 is 2.32 bits per heavy atom. The first-order valence-electron chi connectivity index (χ1n) is 9.89. The summed E-state index contributed by atoms with van der Waals surface area (Å²) in [5, 5.41) is 2.73. The first-order valence-corrected chi connectivity index (χ1v) is 12.5. The third-order valence-electron chi connectivity index (χ3n) is 4.75. The summed E-state index contributed by atoms with van der Waals surface area (Å²) in [6, 6.07) is 13.6. The molecule has 0 aliphatic carbocycles. The molecule has 0 radical (unpaired) electrons. The third-order valence-corrected chi connectivity index (χ3v) is 6.42. The molecule has 31 heavy (non-hydrogen) atoms. The number of hydrogen-bond donors (Lipinski definition) is 1. The van der Waals surface area contributed by atoms with Gasteiger partial charge in [0.2, 0.25) is 21.8 Å². The van der Waals surface area contributed by atoms with E-state index in [0.717, 1.165) is 26.2 Å². The van der Waals surface area contributed by atoms with Gasteiger partial charge in [-0.1, -0.05) is 40.2 Å². The smallest absolute Gasteiger partial charge is 0.244 e. The van der Waals surface area contributed by atoms with Gasteiger partial charge in [0.05, 0.1) is 11.9 Å². The lowest BCUT2D eigenvalue weighted by Crippen LogP contribution is -2.51. The van der Waals surface area contributed by atoms with Crippen LogP contribution in [0.3, 0.4) is 0 Å². The first-order chi connectivity index (χ1) is 14.5. The van der Waals surface area contributed by atoms with Crippen LogP contribution in [0, 0.1) is 6.92 Å². The predicted octanol–water partition coefficient (Wildman–Crippen LogP) is 3.08. The SMILES string of the molecule is CCNC(=O)C(C)N(Cc1ccc(Br)cc1)C(=O)CN(c1cccc(C)c1)S(C)(=O)=O. The highest BCUT2D eigenvalue weighted by Crippen LogP contribution is 2.20. The number of likely N-dealkylation sites (N-methyl/N-ethyl adjacent to an activating group) is 1. The zero-order valence-corrected chi connectivity index (χ0v) is 20.5. The van der Waals surface area contributed by atoms with Gasteiger partial charge < -0.3 is 10.2 Å². The van der Waals surface area contributed by atoms with Crippen molar-refractivity contribution >= 4 is 43.5 Å². The van der Waals surface area contributed by atoms with E-state index in [1.54, 1.807) is 32.0 Å². The number of hydrogen-bond acceptors (Lipinski definition) is 4. The quantitative estimate of drug-likeness (QED) is 0.562. The van der Waals surface area contributed by atoms with Gasteiger partial charge in [0.1, 0.15) is 12.6 Å². The van der Waals surface area contributed by atoms with Crippen molar-refractivity contribution in [2.75, 3.05) is 23.7 Å². The molecule has 1 N–H and O–H groups in total. The molecule has 2 aromatic rings. The molecule has 2 rings (SSSR count). The van der Waals surface area contributed by atoms with Crippen LogP contribution in [0.5, 0.6) is 0 Å². The summed E-state index contributed by atoms with van der Waals surface area (Å²) in [5.74, 6) is -0.761. The van der Waals surface area contributed by atoms with Crippen LogP contribution >= 0.6 is 15.9 Å². The third kappa shape index (κ3) is 7.07. The molecular weight excluding hydrogens is 482 g/mol. The highest BCUT2D eigenvalue weighted by Gasteiger charge is 2.29. The largest absolute Gasteiger partial charge is 0.355 e. The number of nitrogens with zero attached hydrogens (tertiary/aromatic N) is 2. The van der Waals surface area contributed by atoms with Crippen LogP contribution in [0.25, 0.3) is 0 Å². The van der Waals surface area contributed by atoms with E-state index in [4.69, 9.17) is 0 Å². The van der Waals surface area contributed by atoms with Gasteiger partial charge >= 0.3 is 0 Å². The summed E-state index contributed by atoms with van der Waals surface area (Å²) in [7, 11) is -3.72. The van der Waals surface area contributed by atoms with Gasteiger partial charge in [-0.05, 0) is 56.2 Å². The van der Waals surface area contributed by atoms with Crippen LogP contribution in [0.4, 0.5) is 5.69 Å². The zero-order chi connectivity index (χ0) is 23.2. The van der Waals surface area contributed by atoms with Gasteiger partial charge in [-0.15, -0.1) is 0 Å². The van der Waals surface area contributed by atoms with Gasteiger partial charge in [0, 0.05) is 17.6 Å². The number of nitrogens with one attached hydrogen (secondary N) is 1. The standard InChI is InChI=1S/C22H28BrN3O4S/c1-5-24-22(28)17(3)25(14-18-9-11-19(23)12-10-18)21(27)15-26(31(4,29)30)20-8-6-7-16(2)13-20/h6-13,17H,5,14-15H2,1-4H3,(H,24,28). The first kappa shape index (κ1) is 24.9. The Labute approximate surface area is 192 Å². The van der Waals surface area contributed by atoms with Crippen molar-refractivity contribution in [1.29, 1.82) is 0 Å². The summed E-state index contributed by atoms with van der Waals surface area (Å²) in [4.78, 5) is 27.2. The Balaban J connectivity index is 2.37. The van der Waals surface area contributed by atoms with E-state index in [0.29, 0.717) is 12.2 Å². The van der Waals surface area contributed by atoms with Crippen molar-refractivity contribution in [2.24, 2.45) is 0 Å². The lowest BCUT2D eigenvalue weighted by Gasteiger charge is -2.31. The molecule has 0 bridgehead atoms. The lowest BCUT2D eigenvalue weighted by molar-refractivity contribution is -0.139. The number of anilines is 1. The average molecular weight is 510 g/mol. The van der Waals surface area contributed by atoms with Crippen LogP contribution in [-0.2, 0) is 26.2 Å². The number of rotatable bonds is 9. The van der Waals surface area contributed by atoms with Crippen molar-refractivity contribution in [3.63, 3.8) is 0 Å². The fourth-order valence-corrected chi connectivity index (χ4v) is 4.19. The average Bonchev–Trinajstić information content (AvgIpc) is 2.70. The molecule has 0 spiro atoms. The Kier molecular flexibility index (Phi) is 8.64. The van der Waals surface area contributed by atoms with Crippen LogP contribution in [0.2, 0.25) is 0 Å². The second-order valence-corrected chi connectivity index (χ2v) is 10.1. The van der Waals surface area contributed by atoms with Crippen molar-refractivity contribution in [3.05, 3.63) is 64.1 Å². The summed E-state index contributed by atoms with van der Waals surface area (Å²) in [5.41, 5.74) is 2.11. The molecule has 168 valence electrons. The van der Waals surface area contributed by atoms with Crippen molar-refractivity contribution in [3.8, 4) is 0 Å². The Bertz CT molecular complexity index is 1030. The highest BCUT2D eigenvalue weighted by molar-refractivity contribution is 9.10. The summed E-state index contributed by atoms with van der Waals surface area (Å²) < 4.78 is 26.9. The van der Waals surface area contributed by atoms with E-state index in [2.05, 4.69) is 21.2 Å². The Morgan fingerprint density at radius 1 is 1.13 bits per heavy atom. The second-order valence-electron chi connectivity index (χ2n) is 7.33. The molecule has 1 unspecified atom stereocenters. The minimum absolute atomic E-state index is 0.176. The molecule has 0 aliphatic rings. The molecule has 0 aliphatic heterocycles. The Morgan fingerprint density at radius 2 is 1.77 bits per heavy atom. The minimum Gasteiger partial charge on any atom is -0.355 e. The minimum atomic E-state index is -3.72. The van der Waals surface area contributed by atoms with E-state index in [1.807, 2.05) is 37.3 Å². The van der Waals surface area contributed by atoms with E-state index in [1.165, 1.54) is 4.90 Å². The monoisotopic (exact) mass is 509 g/mol. The van der Waals surface area contributed by atoms with Gasteiger partial charge in [-0.2, -0.15) is 0 Å². The molecule has 2 aromatic carbocycles. The molecule has 7 nitrogen and oxygen atoms in total. The van der Waals surface area contributed by atoms with Gasteiger partial charge in [-0.25, -0.2) is 8.42 Å². The van der Waals surface area contributed by atoms with E-state index in [9.17, 15) is 18.0 Å². The van der Waals surface area contributed by atoms with Crippen LogP contribution in [-0.4, -0.2) is 50.5 Å². The lowest BCUT2D eigenvalue weighted by atomic mass is 10.1. The van der Waals surface area contributed by atoms with Crippen molar-refractivity contribution < 1.29 is 18.0 Å². The number of benzene rings is 2. The van der Waals surface area contributed by atoms with Gasteiger partial charge in [0.15, 0.2) is 0 Å². The molecule has 9 heteroatoms. The molecule has 0 fully saturated rings. The maximum absolute atomic E-state index is 13.3. The van der Waals surface area contributed by atoms with Crippen molar-refractivity contribution in [1.82, 2.24) is 10.2 Å². The molecule has 0 aromatic heterocycles. The van der Waals surface area contributed by atoms with Crippen LogP contribution in [0.15, 0.2) is 53.0 Å². The maximum atomic E-state index is 13.3. The molecule has 0 heterocycles. The second kappa shape index (κ2) is 10.8. The molecule has 0 saturated heterocycles. The van der Waals surface area contributed by atoms with E-state index < -0.39 is 28.5 Å². The number of carbonyl (C=O) groups excluding carboxylic acids is 2. The van der Waals surface area contributed by atoms with Crippen LogP contribution in [0.1, 0.15) is 25.0 Å². The number of carbonyl (C=O) groups is 2. The van der Waals surface area contributed by atoms with Crippen LogP contribution < -0.4 is 9.62 Å². The van der Waals surface area contributed by atoms with Gasteiger partial charge in [0.25, 0.3) is 0 Å².